The summed E-state index contributed by atoms with van der Waals surface area (Å²) < 4.78 is 7.08. The summed E-state index contributed by atoms with van der Waals surface area (Å²) in [7, 11) is 1.61. The maximum Gasteiger partial charge on any atom is 0.230 e. The number of halogens is 1. The number of carbonyl (C=O) groups excluding carboxylic acids is 1. The Bertz CT molecular complexity index is 736. The molecule has 0 saturated heterocycles. The molecule has 2 rings (SSSR count). The van der Waals surface area contributed by atoms with Crippen LogP contribution in [0.2, 0.25) is 5.02 Å². The molecule has 1 atom stereocenters. The van der Waals surface area contributed by atoms with Crippen molar-refractivity contribution in [2.75, 3.05) is 26.0 Å². The van der Waals surface area contributed by atoms with E-state index in [1.54, 1.807) is 7.11 Å². The Hall–Kier alpha value is -1.57. The highest BCUT2D eigenvalue weighted by Gasteiger charge is 2.17. The maximum absolute atomic E-state index is 12.0. The molecule has 0 unspecified atom stereocenters. The number of unbranched alkanes of at least 4 members (excludes halogenated alkanes) is 1. The second-order valence-electron chi connectivity index (χ2n) is 6.80. The zero-order valence-corrected chi connectivity index (χ0v) is 18.4. The molecular weight excluding hydrogens is 396 g/mol. The molecule has 0 saturated carbocycles. The molecule has 1 amide bonds. The molecule has 6 nitrogen and oxygen atoms in total. The van der Waals surface area contributed by atoms with E-state index in [-0.39, 0.29) is 5.91 Å². The minimum absolute atomic E-state index is 0.0383. The third-order valence-corrected chi connectivity index (χ3v) is 5.54. The Morgan fingerprint density at radius 3 is 2.75 bits per heavy atom. The van der Waals surface area contributed by atoms with Gasteiger partial charge in [0.1, 0.15) is 0 Å². The van der Waals surface area contributed by atoms with Crippen molar-refractivity contribution in [3.8, 4) is 11.4 Å². The van der Waals surface area contributed by atoms with Crippen LogP contribution in [0.25, 0.3) is 11.4 Å². The summed E-state index contributed by atoms with van der Waals surface area (Å²) >= 11 is 7.43. The number of benzene rings is 1. The smallest absolute Gasteiger partial charge is 0.230 e. The van der Waals surface area contributed by atoms with Crippen LogP contribution in [0.15, 0.2) is 29.4 Å². The van der Waals surface area contributed by atoms with Crippen molar-refractivity contribution >= 4 is 29.3 Å². The van der Waals surface area contributed by atoms with Crippen LogP contribution in [0.3, 0.4) is 0 Å². The fourth-order valence-electron chi connectivity index (χ4n) is 2.80. The highest BCUT2D eigenvalue weighted by molar-refractivity contribution is 7.99. The Labute approximate surface area is 176 Å². The molecule has 1 aromatic heterocycles. The van der Waals surface area contributed by atoms with Gasteiger partial charge in [-0.05, 0) is 36.6 Å². The van der Waals surface area contributed by atoms with Crippen molar-refractivity contribution in [2.24, 2.45) is 5.92 Å². The van der Waals surface area contributed by atoms with Crippen LogP contribution in [-0.4, -0.2) is 46.7 Å². The number of nitrogens with zero attached hydrogens (tertiary/aromatic N) is 3. The molecule has 0 fully saturated rings. The number of nitrogens with one attached hydrogen (secondary N) is 1. The van der Waals surface area contributed by atoms with Crippen molar-refractivity contribution in [2.45, 2.75) is 44.8 Å². The molecule has 0 aliphatic carbocycles. The second-order valence-corrected chi connectivity index (χ2v) is 8.18. The third-order valence-electron chi connectivity index (χ3n) is 4.32. The van der Waals surface area contributed by atoms with Gasteiger partial charge in [-0.3, -0.25) is 4.79 Å². The average Bonchev–Trinajstić information content (AvgIpc) is 3.08. The van der Waals surface area contributed by atoms with Gasteiger partial charge >= 0.3 is 0 Å². The van der Waals surface area contributed by atoms with E-state index in [4.69, 9.17) is 16.3 Å². The van der Waals surface area contributed by atoms with E-state index < -0.39 is 0 Å². The highest BCUT2D eigenvalue weighted by atomic mass is 35.5. The van der Waals surface area contributed by atoms with Gasteiger partial charge in [-0.15, -0.1) is 10.2 Å². The van der Waals surface area contributed by atoms with Crippen LogP contribution in [-0.2, 0) is 16.1 Å². The summed E-state index contributed by atoms with van der Waals surface area (Å²) in [4.78, 5) is 12.0. The van der Waals surface area contributed by atoms with Gasteiger partial charge in [-0.2, -0.15) is 0 Å². The van der Waals surface area contributed by atoms with E-state index in [0.29, 0.717) is 29.8 Å². The fourth-order valence-corrected chi connectivity index (χ4v) is 3.71. The third kappa shape index (κ3) is 7.11. The van der Waals surface area contributed by atoms with E-state index in [1.165, 1.54) is 24.6 Å². The van der Waals surface area contributed by atoms with Gasteiger partial charge in [0.2, 0.25) is 5.91 Å². The molecule has 0 spiro atoms. The van der Waals surface area contributed by atoms with Crippen molar-refractivity contribution in [1.82, 2.24) is 20.1 Å². The first-order valence-electron chi connectivity index (χ1n) is 9.62. The molecule has 0 aliphatic rings. The Kier molecular flexibility index (Phi) is 9.81. The van der Waals surface area contributed by atoms with E-state index in [0.717, 1.165) is 29.5 Å². The number of thioether (sulfide) groups is 1. The number of rotatable bonds is 12. The number of aromatic nitrogens is 3. The first-order valence-corrected chi connectivity index (χ1v) is 11.0. The van der Waals surface area contributed by atoms with Crippen LogP contribution < -0.4 is 5.32 Å². The number of carbonyl (C=O) groups is 1. The predicted octanol–water partition coefficient (Wildman–Crippen LogP) is 4.28. The van der Waals surface area contributed by atoms with Crippen LogP contribution >= 0.6 is 23.4 Å². The highest BCUT2D eigenvalue weighted by Crippen LogP contribution is 2.27. The first-order chi connectivity index (χ1) is 13.5. The van der Waals surface area contributed by atoms with Crippen LogP contribution in [0.4, 0.5) is 0 Å². The SMILES string of the molecule is CCCC[C@H](C)Cn1c(SCC(=O)NCCOC)nnc1-c1ccc(Cl)cc1. The molecule has 0 aliphatic heterocycles. The number of hydrogen-bond acceptors (Lipinski definition) is 5. The van der Waals surface area contributed by atoms with Crippen molar-refractivity contribution in [1.29, 1.82) is 0 Å². The van der Waals surface area contributed by atoms with Crippen molar-refractivity contribution < 1.29 is 9.53 Å². The molecule has 0 radical (unpaired) electrons. The number of hydrogen-bond donors (Lipinski definition) is 1. The predicted molar refractivity (Wildman–Crippen MR) is 115 cm³/mol. The minimum Gasteiger partial charge on any atom is -0.383 e. The largest absolute Gasteiger partial charge is 0.383 e. The molecule has 154 valence electrons. The standard InChI is InChI=1S/C20H29ClN4O2S/c1-4-5-6-15(2)13-25-19(16-7-9-17(21)10-8-16)23-24-20(25)28-14-18(26)22-11-12-27-3/h7-10,15H,4-6,11-14H2,1-3H3,(H,22,26)/t15-/m0/s1. The summed E-state index contributed by atoms with van der Waals surface area (Å²) in [6.07, 6.45) is 3.53. The Morgan fingerprint density at radius 2 is 2.07 bits per heavy atom. The van der Waals surface area contributed by atoms with E-state index in [1.807, 2.05) is 24.3 Å². The lowest BCUT2D eigenvalue weighted by Gasteiger charge is -2.15. The zero-order chi connectivity index (χ0) is 20.4. The van der Waals surface area contributed by atoms with Gasteiger partial charge in [0, 0.05) is 30.8 Å². The van der Waals surface area contributed by atoms with Gasteiger partial charge in [-0.25, -0.2) is 0 Å². The Balaban J connectivity index is 2.14. The molecule has 1 N–H and O–H groups in total. The number of ether oxygens (including phenoxy) is 1. The van der Waals surface area contributed by atoms with Crippen molar-refractivity contribution in [3.05, 3.63) is 29.3 Å². The minimum atomic E-state index is -0.0383. The van der Waals surface area contributed by atoms with Gasteiger partial charge in [-0.1, -0.05) is 50.1 Å². The summed E-state index contributed by atoms with van der Waals surface area (Å²) in [6.45, 7) is 6.27. The second kappa shape index (κ2) is 12.1. The van der Waals surface area contributed by atoms with Crippen molar-refractivity contribution in [3.63, 3.8) is 0 Å². The van der Waals surface area contributed by atoms with E-state index >= 15 is 0 Å². The number of methoxy groups -OCH3 is 1. The lowest BCUT2D eigenvalue weighted by Crippen LogP contribution is -2.28. The Morgan fingerprint density at radius 1 is 1.32 bits per heavy atom. The molecule has 0 bridgehead atoms. The van der Waals surface area contributed by atoms with E-state index in [2.05, 4.69) is 33.9 Å². The molecular formula is C20H29ClN4O2S. The average molecular weight is 425 g/mol. The quantitative estimate of drug-likeness (QED) is 0.406. The zero-order valence-electron chi connectivity index (χ0n) is 16.8. The molecule has 8 heteroatoms. The molecule has 1 heterocycles. The van der Waals surface area contributed by atoms with Gasteiger partial charge in [0.25, 0.3) is 0 Å². The first kappa shape index (κ1) is 22.7. The normalized spacial score (nSPS) is 12.1. The van der Waals surface area contributed by atoms with Crippen LogP contribution in [0.5, 0.6) is 0 Å². The van der Waals surface area contributed by atoms with Gasteiger partial charge in [0.05, 0.1) is 12.4 Å². The lowest BCUT2D eigenvalue weighted by molar-refractivity contribution is -0.118. The fraction of sp³-hybridized carbons (Fsp3) is 0.550. The summed E-state index contributed by atoms with van der Waals surface area (Å²) in [6, 6.07) is 7.61. The summed E-state index contributed by atoms with van der Waals surface area (Å²) in [5.74, 6) is 1.56. The summed E-state index contributed by atoms with van der Waals surface area (Å²) in [5, 5.41) is 13.0. The van der Waals surface area contributed by atoms with Gasteiger partial charge in [0.15, 0.2) is 11.0 Å². The van der Waals surface area contributed by atoms with E-state index in [9.17, 15) is 4.79 Å². The van der Waals surface area contributed by atoms with Crippen LogP contribution in [0.1, 0.15) is 33.1 Å². The van der Waals surface area contributed by atoms with Gasteiger partial charge < -0.3 is 14.6 Å². The lowest BCUT2D eigenvalue weighted by atomic mass is 10.0. The summed E-state index contributed by atoms with van der Waals surface area (Å²) in [5.41, 5.74) is 0.969. The molecule has 2 aromatic rings. The maximum atomic E-state index is 12.0. The molecule has 1 aromatic carbocycles. The monoisotopic (exact) mass is 424 g/mol. The topological polar surface area (TPSA) is 69.0 Å². The van der Waals surface area contributed by atoms with Crippen LogP contribution in [0, 0.1) is 5.92 Å². The molecule has 28 heavy (non-hydrogen) atoms. The number of amides is 1.